The number of thiophene rings is 2. The van der Waals surface area contributed by atoms with Crippen molar-refractivity contribution in [3.63, 3.8) is 0 Å². The van der Waals surface area contributed by atoms with Crippen molar-refractivity contribution in [1.82, 2.24) is 0 Å². The van der Waals surface area contributed by atoms with Crippen LogP contribution < -0.4 is 0 Å². The van der Waals surface area contributed by atoms with Gasteiger partial charge in [0.25, 0.3) is 0 Å². The molecule has 0 aromatic carbocycles. The molecular formula is C19H24NO4S2+. The van der Waals surface area contributed by atoms with E-state index in [1.807, 2.05) is 35.0 Å². The average molecular weight is 395 g/mol. The number of fused-ring (bicyclic) bond motifs is 5. The van der Waals surface area contributed by atoms with E-state index < -0.39 is 11.9 Å². The third-order valence-electron chi connectivity index (χ3n) is 6.51. The Bertz CT molecular complexity index is 721. The number of ether oxygens (including phenoxy) is 2. The van der Waals surface area contributed by atoms with E-state index in [9.17, 15) is 10.2 Å². The second-order valence-electron chi connectivity index (χ2n) is 8.13. The number of nitrogens with zero attached hydrogens (tertiary/aromatic N) is 1. The molecular weight excluding hydrogens is 370 g/mol. The first-order valence-electron chi connectivity index (χ1n) is 9.05. The van der Waals surface area contributed by atoms with Gasteiger partial charge in [0, 0.05) is 22.6 Å². The number of hydrogen-bond acceptors (Lipinski definition) is 6. The lowest BCUT2D eigenvalue weighted by molar-refractivity contribution is -0.938. The summed E-state index contributed by atoms with van der Waals surface area (Å²) in [6.45, 7) is 0. The molecule has 3 saturated heterocycles. The summed E-state index contributed by atoms with van der Waals surface area (Å²) in [5.41, 5.74) is -1.53. The van der Waals surface area contributed by atoms with E-state index in [2.05, 4.69) is 14.1 Å². The first-order valence-corrected chi connectivity index (χ1v) is 10.8. The predicted molar refractivity (Wildman–Crippen MR) is 100 cm³/mol. The Hall–Kier alpha value is -0.800. The van der Waals surface area contributed by atoms with E-state index in [4.69, 9.17) is 9.47 Å². The molecule has 2 bridgehead atoms. The number of aliphatic hydroxyl groups excluding tert-OH is 1. The number of quaternary nitrogens is 1. The van der Waals surface area contributed by atoms with Gasteiger partial charge in [-0.25, -0.2) is 0 Å². The Labute approximate surface area is 161 Å². The van der Waals surface area contributed by atoms with Gasteiger partial charge in [0.1, 0.15) is 24.3 Å². The second kappa shape index (κ2) is 5.85. The molecule has 0 aliphatic carbocycles. The van der Waals surface area contributed by atoms with Crippen molar-refractivity contribution in [2.24, 2.45) is 0 Å². The zero-order valence-corrected chi connectivity index (χ0v) is 16.5. The highest BCUT2D eigenvalue weighted by Gasteiger charge is 2.70. The Morgan fingerprint density at radius 3 is 2.12 bits per heavy atom. The molecule has 3 fully saturated rings. The Morgan fingerprint density at radius 2 is 1.65 bits per heavy atom. The van der Waals surface area contributed by atoms with Gasteiger partial charge < -0.3 is 24.2 Å². The van der Waals surface area contributed by atoms with Crippen molar-refractivity contribution in [3.8, 4) is 0 Å². The molecule has 26 heavy (non-hydrogen) atoms. The summed E-state index contributed by atoms with van der Waals surface area (Å²) in [6.07, 6.45) is 1.03. The number of hydrogen-bond donors (Lipinski definition) is 2. The van der Waals surface area contributed by atoms with E-state index in [0.29, 0.717) is 34.0 Å². The van der Waals surface area contributed by atoms with E-state index in [-0.39, 0.29) is 6.10 Å². The molecule has 5 unspecified atom stereocenters. The lowest BCUT2D eigenvalue weighted by atomic mass is 9.95. The largest absolute Gasteiger partial charge is 0.374 e. The highest BCUT2D eigenvalue weighted by Crippen LogP contribution is 2.52. The zero-order valence-electron chi connectivity index (χ0n) is 14.8. The van der Waals surface area contributed by atoms with Crippen molar-refractivity contribution < 1.29 is 24.2 Å². The van der Waals surface area contributed by atoms with Crippen LogP contribution in [0.2, 0.25) is 0 Å². The van der Waals surface area contributed by atoms with Gasteiger partial charge in [0.15, 0.2) is 11.9 Å². The molecule has 5 rings (SSSR count). The van der Waals surface area contributed by atoms with Crippen molar-refractivity contribution in [2.45, 2.75) is 55.1 Å². The first-order chi connectivity index (χ1) is 12.4. The molecule has 3 aliphatic heterocycles. The van der Waals surface area contributed by atoms with Gasteiger partial charge >= 0.3 is 0 Å². The van der Waals surface area contributed by atoms with Crippen LogP contribution in [0.1, 0.15) is 22.6 Å². The monoisotopic (exact) mass is 394 g/mol. The molecule has 0 spiro atoms. The Morgan fingerprint density at radius 1 is 1.12 bits per heavy atom. The van der Waals surface area contributed by atoms with E-state index >= 15 is 0 Å². The lowest BCUT2D eigenvalue weighted by Crippen LogP contribution is -2.60. The van der Waals surface area contributed by atoms with Crippen LogP contribution >= 0.6 is 22.7 Å². The minimum atomic E-state index is -1.53. The quantitative estimate of drug-likeness (QED) is 0.463. The average Bonchev–Trinajstić information content (AvgIpc) is 2.98. The predicted octanol–water partition coefficient (Wildman–Crippen LogP) is 2.14. The highest BCUT2D eigenvalue weighted by molar-refractivity contribution is 7.11. The van der Waals surface area contributed by atoms with Crippen LogP contribution in [0.3, 0.4) is 0 Å². The van der Waals surface area contributed by atoms with Crippen molar-refractivity contribution in [3.05, 3.63) is 44.8 Å². The number of rotatable bonds is 5. The fourth-order valence-electron chi connectivity index (χ4n) is 4.95. The Kier molecular flexibility index (Phi) is 3.89. The molecule has 3 aliphatic rings. The standard InChI is InChI=1S/C19H24NO4S2/c1-20(2)12-9-11(10-13(20)17-16(12)24-17)23-18(21)19(22,14-5-3-7-25-14)15-6-4-8-26-15/h3-8,11-13,16-18,21-22H,9-10H2,1-2H3/q+1/t11?,12?,13?,16-,17?,18?/m1/s1. The summed E-state index contributed by atoms with van der Waals surface area (Å²) in [4.78, 5) is 1.40. The fraction of sp³-hybridized carbons (Fsp3) is 0.579. The molecule has 0 amide bonds. The first kappa shape index (κ1) is 17.3. The van der Waals surface area contributed by atoms with E-state index in [1.165, 1.54) is 22.7 Å². The van der Waals surface area contributed by atoms with Gasteiger partial charge in [-0.05, 0) is 22.9 Å². The number of morpholine rings is 1. The smallest absolute Gasteiger partial charge is 0.194 e. The van der Waals surface area contributed by atoms with Crippen molar-refractivity contribution >= 4 is 22.7 Å². The van der Waals surface area contributed by atoms with E-state index in [0.717, 1.165) is 17.3 Å². The second-order valence-corrected chi connectivity index (χ2v) is 10.0. The molecule has 0 saturated carbocycles. The molecule has 2 aromatic rings. The topological polar surface area (TPSA) is 62.2 Å². The molecule has 5 heterocycles. The van der Waals surface area contributed by atoms with Gasteiger partial charge in [0.05, 0.1) is 20.2 Å². The maximum Gasteiger partial charge on any atom is 0.194 e. The van der Waals surface area contributed by atoms with Crippen LogP contribution in [0.15, 0.2) is 35.0 Å². The maximum absolute atomic E-state index is 11.5. The summed E-state index contributed by atoms with van der Waals surface area (Å²) in [5, 5.41) is 26.2. The summed E-state index contributed by atoms with van der Waals surface area (Å²) in [7, 11) is 4.54. The van der Waals surface area contributed by atoms with Gasteiger partial charge in [-0.3, -0.25) is 0 Å². The Balaban J connectivity index is 1.39. The van der Waals surface area contributed by atoms with Crippen LogP contribution in [0, 0.1) is 0 Å². The van der Waals surface area contributed by atoms with Crippen molar-refractivity contribution in [1.29, 1.82) is 0 Å². The van der Waals surface area contributed by atoms with Crippen LogP contribution in [0.5, 0.6) is 0 Å². The summed E-state index contributed by atoms with van der Waals surface area (Å²) < 4.78 is 12.9. The molecule has 140 valence electrons. The van der Waals surface area contributed by atoms with Crippen LogP contribution in [-0.4, -0.2) is 65.5 Å². The van der Waals surface area contributed by atoms with Crippen LogP contribution in [0.25, 0.3) is 0 Å². The SMILES string of the molecule is C[N+]1(C)C2CC(OC(O)C(O)(c3cccs3)c3cccs3)CC1[C@H]1OC21. The molecule has 0 radical (unpaired) electrons. The fourth-order valence-corrected chi connectivity index (χ4v) is 6.72. The number of aliphatic hydroxyl groups is 2. The molecule has 7 heteroatoms. The van der Waals surface area contributed by atoms with Crippen LogP contribution in [0.4, 0.5) is 0 Å². The molecule has 6 atom stereocenters. The summed E-state index contributed by atoms with van der Waals surface area (Å²) in [5.74, 6) is 0. The molecule has 2 N–H and O–H groups in total. The minimum Gasteiger partial charge on any atom is -0.374 e. The summed E-state index contributed by atoms with van der Waals surface area (Å²) >= 11 is 2.87. The van der Waals surface area contributed by atoms with Crippen molar-refractivity contribution in [2.75, 3.05) is 14.1 Å². The maximum atomic E-state index is 11.5. The molecule has 2 aromatic heterocycles. The zero-order chi connectivity index (χ0) is 18.1. The molecule has 5 nitrogen and oxygen atoms in total. The number of epoxide rings is 1. The van der Waals surface area contributed by atoms with Gasteiger partial charge in [0.2, 0.25) is 0 Å². The minimum absolute atomic E-state index is 0.0611. The van der Waals surface area contributed by atoms with Gasteiger partial charge in [-0.1, -0.05) is 12.1 Å². The van der Waals surface area contributed by atoms with E-state index in [1.54, 1.807) is 0 Å². The normalized spacial score (nSPS) is 35.9. The van der Waals surface area contributed by atoms with Gasteiger partial charge in [-0.2, -0.15) is 0 Å². The third kappa shape index (κ3) is 2.39. The highest BCUT2D eigenvalue weighted by atomic mass is 32.1. The summed E-state index contributed by atoms with van der Waals surface area (Å²) in [6, 6.07) is 8.29. The third-order valence-corrected chi connectivity index (χ3v) is 8.50. The number of likely N-dealkylation sites (N-methyl/N-ethyl adjacent to an activating group) is 1. The van der Waals surface area contributed by atoms with Gasteiger partial charge in [-0.15, -0.1) is 22.7 Å². The number of piperidine rings is 1. The lowest BCUT2D eigenvalue weighted by Gasteiger charge is -2.46. The van der Waals surface area contributed by atoms with Crippen LogP contribution in [-0.2, 0) is 15.1 Å².